The Bertz CT molecular complexity index is 948. The van der Waals surface area contributed by atoms with Gasteiger partial charge in [0.1, 0.15) is 11.5 Å². The molecule has 3 amide bonds. The van der Waals surface area contributed by atoms with Crippen LogP contribution < -0.4 is 25.6 Å². The summed E-state index contributed by atoms with van der Waals surface area (Å²) in [6.07, 6.45) is 0.129. The summed E-state index contributed by atoms with van der Waals surface area (Å²) in [5, 5.41) is 2.58. The molecule has 0 bridgehead atoms. The summed E-state index contributed by atoms with van der Waals surface area (Å²) in [6.45, 7) is -0.488. The normalized spacial score (nSPS) is 9.94. The average Bonchev–Trinajstić information content (AvgIpc) is 2.81. The van der Waals surface area contributed by atoms with Gasteiger partial charge in [-0.3, -0.25) is 30.0 Å². The van der Waals surface area contributed by atoms with Crippen molar-refractivity contribution in [2.45, 2.75) is 19.3 Å². The van der Waals surface area contributed by atoms with E-state index in [0.29, 0.717) is 22.7 Å². The topological polar surface area (TPSA) is 132 Å². The highest BCUT2D eigenvalue weighted by Gasteiger charge is 2.13. The van der Waals surface area contributed by atoms with Crippen LogP contribution in [0.15, 0.2) is 48.5 Å². The molecule has 2 aromatic rings. The van der Waals surface area contributed by atoms with Gasteiger partial charge in [0.2, 0.25) is 5.91 Å². The van der Waals surface area contributed by atoms with Gasteiger partial charge in [-0.15, -0.1) is 0 Å². The van der Waals surface area contributed by atoms with Crippen LogP contribution in [0.5, 0.6) is 11.5 Å². The largest absolute Gasteiger partial charge is 0.497 e. The monoisotopic (exact) mass is 443 g/mol. The number of esters is 1. The first-order chi connectivity index (χ1) is 15.4. The molecule has 0 aromatic heterocycles. The van der Waals surface area contributed by atoms with Crippen LogP contribution in [0.25, 0.3) is 0 Å². The number of carbonyl (C=O) groups is 4. The van der Waals surface area contributed by atoms with E-state index in [-0.39, 0.29) is 19.3 Å². The van der Waals surface area contributed by atoms with Gasteiger partial charge < -0.3 is 19.5 Å². The third-order valence-electron chi connectivity index (χ3n) is 4.18. The van der Waals surface area contributed by atoms with Gasteiger partial charge in [-0.2, -0.15) is 0 Å². The Morgan fingerprint density at radius 3 is 2.28 bits per heavy atom. The molecular formula is C22H25N3O7. The number of rotatable bonds is 10. The minimum Gasteiger partial charge on any atom is -0.497 e. The molecule has 0 heterocycles. The van der Waals surface area contributed by atoms with Gasteiger partial charge in [-0.1, -0.05) is 18.2 Å². The van der Waals surface area contributed by atoms with E-state index in [1.165, 1.54) is 14.2 Å². The number of ether oxygens (including phenoxy) is 3. The van der Waals surface area contributed by atoms with Crippen LogP contribution in [0, 0.1) is 0 Å². The zero-order valence-electron chi connectivity index (χ0n) is 17.8. The highest BCUT2D eigenvalue weighted by atomic mass is 16.5. The van der Waals surface area contributed by atoms with Crippen molar-refractivity contribution in [3.05, 3.63) is 54.1 Å². The molecule has 0 saturated heterocycles. The van der Waals surface area contributed by atoms with Crippen LogP contribution in [-0.2, 0) is 19.1 Å². The number of benzene rings is 2. The molecule has 170 valence electrons. The molecule has 3 N–H and O–H groups in total. The lowest BCUT2D eigenvalue weighted by atomic mass is 10.2. The second kappa shape index (κ2) is 12.6. The summed E-state index contributed by atoms with van der Waals surface area (Å²) in [5.74, 6) is -1.13. The maximum atomic E-state index is 12.0. The van der Waals surface area contributed by atoms with Gasteiger partial charge in [-0.05, 0) is 30.7 Å². The fourth-order valence-corrected chi connectivity index (χ4v) is 2.56. The molecule has 2 rings (SSSR count). The van der Waals surface area contributed by atoms with Crippen LogP contribution >= 0.6 is 0 Å². The van der Waals surface area contributed by atoms with Gasteiger partial charge in [-0.25, -0.2) is 0 Å². The van der Waals surface area contributed by atoms with Crippen molar-refractivity contribution in [1.82, 2.24) is 10.9 Å². The maximum absolute atomic E-state index is 12.0. The first-order valence-electron chi connectivity index (χ1n) is 9.74. The summed E-state index contributed by atoms with van der Waals surface area (Å²) in [5.41, 5.74) is 5.35. The molecule has 0 unspecified atom stereocenters. The molecule has 0 fully saturated rings. The number of carbonyl (C=O) groups excluding carboxylic acids is 4. The second-order valence-corrected chi connectivity index (χ2v) is 6.50. The summed E-state index contributed by atoms with van der Waals surface area (Å²) in [6, 6.07) is 13.3. The average molecular weight is 443 g/mol. The first-order valence-corrected chi connectivity index (χ1v) is 9.74. The lowest BCUT2D eigenvalue weighted by molar-refractivity contribution is -0.147. The van der Waals surface area contributed by atoms with Crippen LogP contribution in [0.1, 0.15) is 29.6 Å². The van der Waals surface area contributed by atoms with Gasteiger partial charge in [0.05, 0.1) is 19.9 Å². The Morgan fingerprint density at radius 1 is 0.844 bits per heavy atom. The number of hydrogen-bond donors (Lipinski definition) is 3. The Balaban J connectivity index is 1.65. The summed E-state index contributed by atoms with van der Waals surface area (Å²) >= 11 is 0. The molecule has 0 saturated carbocycles. The second-order valence-electron chi connectivity index (χ2n) is 6.50. The summed E-state index contributed by atoms with van der Waals surface area (Å²) in [7, 11) is 2.95. The van der Waals surface area contributed by atoms with Crippen LogP contribution in [0.2, 0.25) is 0 Å². The lowest BCUT2D eigenvalue weighted by Crippen LogP contribution is -2.41. The maximum Gasteiger partial charge on any atom is 0.306 e. The van der Waals surface area contributed by atoms with Crippen molar-refractivity contribution < 1.29 is 33.4 Å². The Hall–Kier alpha value is -4.08. The number of methoxy groups -OCH3 is 2. The molecule has 0 aliphatic carbocycles. The van der Waals surface area contributed by atoms with Crippen LogP contribution in [-0.4, -0.2) is 44.5 Å². The third-order valence-corrected chi connectivity index (χ3v) is 4.18. The first kappa shape index (κ1) is 24.2. The minimum absolute atomic E-state index is 0.00260. The quantitative estimate of drug-likeness (QED) is 0.377. The highest BCUT2D eigenvalue weighted by molar-refractivity contribution is 5.95. The van der Waals surface area contributed by atoms with Crippen molar-refractivity contribution in [1.29, 1.82) is 0 Å². The predicted molar refractivity (Wildman–Crippen MR) is 115 cm³/mol. The number of anilines is 1. The fourth-order valence-electron chi connectivity index (χ4n) is 2.56. The summed E-state index contributed by atoms with van der Waals surface area (Å²) < 4.78 is 15.2. The Kier molecular flexibility index (Phi) is 9.51. The number of hydrazine groups is 1. The minimum atomic E-state index is -0.626. The van der Waals surface area contributed by atoms with E-state index in [0.717, 1.165) is 0 Å². The SMILES string of the molecule is COc1ccc(OC)c(NC(=O)COC(=O)CCCC(=O)NNC(=O)c2ccccc2)c1. The zero-order chi connectivity index (χ0) is 23.3. The molecule has 0 aliphatic heterocycles. The van der Waals surface area contributed by atoms with Gasteiger partial charge in [0.15, 0.2) is 6.61 Å². The van der Waals surface area contributed by atoms with Crippen molar-refractivity contribution in [2.75, 3.05) is 26.1 Å². The van der Waals surface area contributed by atoms with Crippen molar-refractivity contribution in [3.63, 3.8) is 0 Å². The van der Waals surface area contributed by atoms with E-state index in [2.05, 4.69) is 16.2 Å². The molecule has 0 atom stereocenters. The van der Waals surface area contributed by atoms with Gasteiger partial charge >= 0.3 is 5.97 Å². The van der Waals surface area contributed by atoms with Gasteiger partial charge in [0.25, 0.3) is 11.8 Å². The van der Waals surface area contributed by atoms with E-state index >= 15 is 0 Å². The molecule has 0 spiro atoms. The predicted octanol–water partition coefficient (Wildman–Crippen LogP) is 1.82. The van der Waals surface area contributed by atoms with E-state index < -0.39 is 30.3 Å². The number of amides is 3. The number of nitrogens with one attached hydrogen (secondary N) is 3. The molecule has 0 radical (unpaired) electrons. The van der Waals surface area contributed by atoms with E-state index in [1.807, 2.05) is 0 Å². The molecule has 2 aromatic carbocycles. The van der Waals surface area contributed by atoms with Crippen LogP contribution in [0.4, 0.5) is 5.69 Å². The smallest absolute Gasteiger partial charge is 0.306 e. The van der Waals surface area contributed by atoms with E-state index in [4.69, 9.17) is 14.2 Å². The van der Waals surface area contributed by atoms with Crippen LogP contribution in [0.3, 0.4) is 0 Å². The lowest BCUT2D eigenvalue weighted by Gasteiger charge is -2.12. The van der Waals surface area contributed by atoms with Crippen molar-refractivity contribution in [3.8, 4) is 11.5 Å². The Morgan fingerprint density at radius 2 is 1.59 bits per heavy atom. The molecule has 0 aliphatic rings. The van der Waals surface area contributed by atoms with Crippen molar-refractivity contribution in [2.24, 2.45) is 0 Å². The highest BCUT2D eigenvalue weighted by Crippen LogP contribution is 2.28. The summed E-state index contributed by atoms with van der Waals surface area (Å²) in [4.78, 5) is 47.5. The zero-order valence-corrected chi connectivity index (χ0v) is 17.8. The van der Waals surface area contributed by atoms with E-state index in [1.54, 1.807) is 48.5 Å². The van der Waals surface area contributed by atoms with E-state index in [9.17, 15) is 19.2 Å². The molecule has 10 nitrogen and oxygen atoms in total. The standard InChI is InChI=1S/C22H25N3O7/c1-30-16-11-12-18(31-2)17(13-16)23-20(27)14-32-21(28)10-6-9-19(26)24-25-22(29)15-7-4-3-5-8-15/h3-5,7-8,11-13H,6,9-10,14H2,1-2H3,(H,23,27)(H,24,26)(H,25,29). The Labute approximate surface area is 185 Å². The molecular weight excluding hydrogens is 418 g/mol. The molecule has 10 heteroatoms. The number of hydrogen-bond acceptors (Lipinski definition) is 7. The van der Waals surface area contributed by atoms with Crippen molar-refractivity contribution >= 4 is 29.4 Å². The fraction of sp³-hybridized carbons (Fsp3) is 0.273. The third kappa shape index (κ3) is 7.98. The van der Waals surface area contributed by atoms with Gasteiger partial charge in [0, 0.05) is 24.5 Å². The molecule has 32 heavy (non-hydrogen) atoms.